The van der Waals surface area contributed by atoms with Gasteiger partial charge in [-0.25, -0.2) is 0 Å². The Morgan fingerprint density at radius 2 is 1.96 bits per heavy atom. The molecule has 0 saturated carbocycles. The van der Waals surface area contributed by atoms with Gasteiger partial charge in [0.2, 0.25) is 0 Å². The molecule has 3 rings (SSSR count). The maximum absolute atomic E-state index is 12.7. The quantitative estimate of drug-likeness (QED) is 0.762. The minimum Gasteiger partial charge on any atom is -0.364 e. The summed E-state index contributed by atoms with van der Waals surface area (Å²) in [6.45, 7) is 1.70. The van der Waals surface area contributed by atoms with E-state index in [1.807, 2.05) is 6.07 Å². The molecular formula is C16H16ClN5O2. The maximum atomic E-state index is 12.7. The van der Waals surface area contributed by atoms with E-state index >= 15 is 0 Å². The molecule has 2 amide bonds. The minimum absolute atomic E-state index is 0.155. The van der Waals surface area contributed by atoms with Crippen molar-refractivity contribution in [1.29, 1.82) is 0 Å². The second-order valence-corrected chi connectivity index (χ2v) is 5.98. The van der Waals surface area contributed by atoms with Crippen molar-refractivity contribution in [3.63, 3.8) is 0 Å². The van der Waals surface area contributed by atoms with E-state index in [1.54, 1.807) is 43.8 Å². The zero-order valence-corrected chi connectivity index (χ0v) is 14.2. The molecule has 1 aromatic carbocycles. The number of rotatable bonds is 3. The summed E-state index contributed by atoms with van der Waals surface area (Å²) in [7, 11) is 3.38. The Bertz CT molecular complexity index is 986. The first-order valence-electron chi connectivity index (χ1n) is 7.19. The van der Waals surface area contributed by atoms with Crippen molar-refractivity contribution in [1.82, 2.24) is 14.3 Å². The molecule has 7 nitrogen and oxygen atoms in total. The van der Waals surface area contributed by atoms with Crippen molar-refractivity contribution in [3.8, 4) is 0 Å². The number of hydrogen-bond acceptors (Lipinski definition) is 3. The Morgan fingerprint density at radius 3 is 2.62 bits per heavy atom. The monoisotopic (exact) mass is 345 g/mol. The van der Waals surface area contributed by atoms with E-state index in [4.69, 9.17) is 17.3 Å². The third-order valence-electron chi connectivity index (χ3n) is 3.93. The van der Waals surface area contributed by atoms with Gasteiger partial charge >= 0.3 is 0 Å². The van der Waals surface area contributed by atoms with Gasteiger partial charge in [0.05, 0.1) is 11.4 Å². The highest BCUT2D eigenvalue weighted by Gasteiger charge is 2.22. The molecule has 8 heteroatoms. The Kier molecular flexibility index (Phi) is 3.81. The number of nitrogens with one attached hydrogen (secondary N) is 1. The van der Waals surface area contributed by atoms with Crippen LogP contribution in [-0.4, -0.2) is 26.2 Å². The lowest BCUT2D eigenvalue weighted by Crippen LogP contribution is -2.21. The summed E-state index contributed by atoms with van der Waals surface area (Å²) in [5, 5.41) is 8.36. The molecule has 0 unspecified atom stereocenters. The number of aromatic nitrogens is 3. The third kappa shape index (κ3) is 2.52. The van der Waals surface area contributed by atoms with E-state index in [-0.39, 0.29) is 11.6 Å². The van der Waals surface area contributed by atoms with Gasteiger partial charge in [-0.15, -0.1) is 0 Å². The topological polar surface area (TPSA) is 94.9 Å². The predicted octanol–water partition coefficient (Wildman–Crippen LogP) is 2.22. The molecule has 124 valence electrons. The van der Waals surface area contributed by atoms with Gasteiger partial charge in [-0.3, -0.25) is 14.3 Å². The minimum atomic E-state index is -0.655. The summed E-state index contributed by atoms with van der Waals surface area (Å²) >= 11 is 6.01. The van der Waals surface area contributed by atoms with Crippen LogP contribution in [0.4, 0.5) is 5.69 Å². The number of aryl methyl sites for hydroxylation is 3. The lowest BCUT2D eigenvalue weighted by Gasteiger charge is -2.07. The molecule has 3 aromatic rings. The summed E-state index contributed by atoms with van der Waals surface area (Å²) in [5.74, 6) is -1.01. The van der Waals surface area contributed by atoms with Gasteiger partial charge < -0.3 is 15.6 Å². The number of halogens is 1. The van der Waals surface area contributed by atoms with E-state index in [9.17, 15) is 9.59 Å². The molecule has 24 heavy (non-hydrogen) atoms. The van der Waals surface area contributed by atoms with Crippen LogP contribution in [0.3, 0.4) is 0 Å². The number of amides is 2. The number of nitrogens with two attached hydrogens (primary N) is 1. The number of carbonyl (C=O) groups is 2. The van der Waals surface area contributed by atoms with Crippen molar-refractivity contribution in [2.45, 2.75) is 6.92 Å². The van der Waals surface area contributed by atoms with Gasteiger partial charge in [-0.2, -0.15) is 5.10 Å². The fourth-order valence-electron chi connectivity index (χ4n) is 2.79. The van der Waals surface area contributed by atoms with Crippen molar-refractivity contribution < 1.29 is 9.59 Å². The molecule has 0 aliphatic rings. The molecule has 0 aliphatic heterocycles. The summed E-state index contributed by atoms with van der Waals surface area (Å²) in [4.78, 5) is 24.3. The average molecular weight is 346 g/mol. The summed E-state index contributed by atoms with van der Waals surface area (Å²) in [6, 6.07) is 7.16. The van der Waals surface area contributed by atoms with E-state index in [0.717, 1.165) is 10.9 Å². The number of hydrogen-bond donors (Lipinski definition) is 2. The molecular weight excluding hydrogens is 330 g/mol. The number of benzene rings is 1. The van der Waals surface area contributed by atoms with Crippen LogP contribution in [0.25, 0.3) is 10.9 Å². The zero-order chi connectivity index (χ0) is 17.6. The molecule has 0 radical (unpaired) electrons. The molecule has 0 aliphatic carbocycles. The van der Waals surface area contributed by atoms with E-state index in [1.165, 1.54) is 4.68 Å². The van der Waals surface area contributed by atoms with Crippen LogP contribution in [0.1, 0.15) is 26.7 Å². The van der Waals surface area contributed by atoms with Gasteiger partial charge in [-0.05, 0) is 25.1 Å². The Morgan fingerprint density at radius 1 is 1.25 bits per heavy atom. The van der Waals surface area contributed by atoms with Crippen LogP contribution in [0.15, 0.2) is 24.3 Å². The van der Waals surface area contributed by atoms with Crippen LogP contribution in [0.2, 0.25) is 5.02 Å². The van der Waals surface area contributed by atoms with Gasteiger partial charge in [0.15, 0.2) is 0 Å². The highest BCUT2D eigenvalue weighted by molar-refractivity contribution is 6.31. The SMILES string of the molecule is Cc1nn(C)c(C(N)=O)c1NC(=O)c1cc2ccc(Cl)cc2n1C. The first-order valence-corrected chi connectivity index (χ1v) is 7.57. The number of fused-ring (bicyclic) bond motifs is 1. The molecule has 0 atom stereocenters. The third-order valence-corrected chi connectivity index (χ3v) is 4.17. The Labute approximate surface area is 143 Å². The number of primary amides is 1. The average Bonchev–Trinajstić information content (AvgIpc) is 2.97. The fraction of sp³-hybridized carbons (Fsp3) is 0.188. The van der Waals surface area contributed by atoms with Crippen LogP contribution >= 0.6 is 11.6 Å². The van der Waals surface area contributed by atoms with Gasteiger partial charge in [-0.1, -0.05) is 17.7 Å². The van der Waals surface area contributed by atoms with Crippen molar-refractivity contribution >= 4 is 40.0 Å². The number of carbonyl (C=O) groups excluding carboxylic acids is 2. The lowest BCUT2D eigenvalue weighted by atomic mass is 10.2. The predicted molar refractivity (Wildman–Crippen MR) is 92.3 cm³/mol. The molecule has 3 N–H and O–H groups in total. The highest BCUT2D eigenvalue weighted by atomic mass is 35.5. The van der Waals surface area contributed by atoms with Crippen LogP contribution in [-0.2, 0) is 14.1 Å². The second kappa shape index (κ2) is 5.68. The molecule has 0 fully saturated rings. The standard InChI is InChI=1S/C16H16ClN5O2/c1-8-13(14(15(18)23)22(3)20-8)19-16(24)12-6-9-4-5-10(17)7-11(9)21(12)2/h4-7H,1-3H3,(H2,18,23)(H,19,24). The Balaban J connectivity index is 2.03. The van der Waals surface area contributed by atoms with Gasteiger partial charge in [0.1, 0.15) is 11.4 Å². The first-order chi connectivity index (χ1) is 11.3. The summed E-state index contributed by atoms with van der Waals surface area (Å²) in [5.41, 5.74) is 7.64. The Hall–Kier alpha value is -2.80. The molecule has 0 bridgehead atoms. The van der Waals surface area contributed by atoms with Crippen molar-refractivity contribution in [3.05, 3.63) is 46.4 Å². The van der Waals surface area contributed by atoms with Gasteiger partial charge in [0.25, 0.3) is 11.8 Å². The smallest absolute Gasteiger partial charge is 0.272 e. The van der Waals surface area contributed by atoms with Gasteiger partial charge in [0, 0.05) is 30.0 Å². The normalized spacial score (nSPS) is 11.0. The van der Waals surface area contributed by atoms with Crippen molar-refractivity contribution in [2.75, 3.05) is 5.32 Å². The maximum Gasteiger partial charge on any atom is 0.272 e. The molecule has 2 heterocycles. The lowest BCUT2D eigenvalue weighted by molar-refractivity contribution is 0.0992. The van der Waals surface area contributed by atoms with E-state index in [0.29, 0.717) is 22.1 Å². The first kappa shape index (κ1) is 16.1. The largest absolute Gasteiger partial charge is 0.364 e. The fourth-order valence-corrected chi connectivity index (χ4v) is 2.96. The molecule has 2 aromatic heterocycles. The van der Waals surface area contributed by atoms with Crippen LogP contribution < -0.4 is 11.1 Å². The number of anilines is 1. The van der Waals surface area contributed by atoms with Crippen LogP contribution in [0.5, 0.6) is 0 Å². The highest BCUT2D eigenvalue weighted by Crippen LogP contribution is 2.25. The summed E-state index contributed by atoms with van der Waals surface area (Å²) < 4.78 is 3.10. The molecule has 0 saturated heterocycles. The number of nitrogens with zero attached hydrogens (tertiary/aromatic N) is 3. The molecule has 0 spiro atoms. The second-order valence-electron chi connectivity index (χ2n) is 5.54. The van der Waals surface area contributed by atoms with E-state index < -0.39 is 5.91 Å². The van der Waals surface area contributed by atoms with E-state index in [2.05, 4.69) is 10.4 Å². The summed E-state index contributed by atoms with van der Waals surface area (Å²) in [6.07, 6.45) is 0. The zero-order valence-electron chi connectivity index (χ0n) is 13.4. The van der Waals surface area contributed by atoms with Crippen molar-refractivity contribution in [2.24, 2.45) is 19.8 Å². The van der Waals surface area contributed by atoms with Crippen LogP contribution in [0, 0.1) is 6.92 Å².